The highest BCUT2D eigenvalue weighted by Gasteiger charge is 2.24. The van der Waals surface area contributed by atoms with Gasteiger partial charge in [-0.2, -0.15) is 0 Å². The fourth-order valence-corrected chi connectivity index (χ4v) is 10.5. The molecule has 0 radical (unpaired) electrons. The van der Waals surface area contributed by atoms with Crippen molar-refractivity contribution < 1.29 is 0 Å². The number of benzene rings is 9. The summed E-state index contributed by atoms with van der Waals surface area (Å²) < 4.78 is 7.49. The molecule has 0 N–H and O–H groups in total. The molecule has 3 aromatic heterocycles. The molecule has 0 saturated carbocycles. The Bertz CT molecular complexity index is 3730. The van der Waals surface area contributed by atoms with Gasteiger partial charge < -0.3 is 13.7 Å². The third kappa shape index (κ3) is 5.60. The van der Waals surface area contributed by atoms with Gasteiger partial charge in [-0.25, -0.2) is 0 Å². The Morgan fingerprint density at radius 3 is 1.52 bits per heavy atom. The van der Waals surface area contributed by atoms with Crippen molar-refractivity contribution in [2.45, 2.75) is 12.8 Å². The van der Waals surface area contributed by atoms with E-state index in [1.54, 1.807) is 0 Å². The summed E-state index contributed by atoms with van der Waals surface area (Å²) in [7, 11) is 0. The Hall–Kier alpha value is -8.14. The van der Waals surface area contributed by atoms with Crippen molar-refractivity contribution >= 4 is 60.6 Å². The van der Waals surface area contributed by atoms with Crippen LogP contribution in [0.2, 0.25) is 0 Å². The maximum Gasteiger partial charge on any atom is 0.0779 e. The van der Waals surface area contributed by atoms with Crippen molar-refractivity contribution in [1.82, 2.24) is 13.7 Å². The van der Waals surface area contributed by atoms with Crippen LogP contribution in [-0.4, -0.2) is 13.7 Å². The molecule has 0 saturated heterocycles. The van der Waals surface area contributed by atoms with E-state index in [-0.39, 0.29) is 0 Å². The number of fused-ring (bicyclic) bond motifs is 9. The van der Waals surface area contributed by atoms with E-state index in [0.717, 1.165) is 24.2 Å². The van der Waals surface area contributed by atoms with E-state index < -0.39 is 0 Å². The molecule has 3 heteroatoms. The van der Waals surface area contributed by atoms with Gasteiger partial charge in [0.15, 0.2) is 0 Å². The van der Waals surface area contributed by atoms with Gasteiger partial charge in [0.25, 0.3) is 0 Å². The van der Waals surface area contributed by atoms with Crippen LogP contribution >= 0.6 is 0 Å². The smallest absolute Gasteiger partial charge is 0.0779 e. The predicted molar refractivity (Wildman–Crippen MR) is 266 cm³/mol. The summed E-state index contributed by atoms with van der Waals surface area (Å²) in [5.41, 5.74) is 19.4. The Labute approximate surface area is 365 Å². The number of para-hydroxylation sites is 4. The van der Waals surface area contributed by atoms with Crippen molar-refractivity contribution in [3.05, 3.63) is 230 Å². The zero-order valence-corrected chi connectivity index (χ0v) is 34.6. The maximum absolute atomic E-state index is 2.54. The minimum atomic E-state index is 1.02. The summed E-state index contributed by atoms with van der Waals surface area (Å²) in [4.78, 5) is 0. The molecule has 0 unspecified atom stereocenters. The average molecular weight is 804 g/mol. The predicted octanol–water partition coefficient (Wildman–Crippen LogP) is 15.8. The second-order valence-corrected chi connectivity index (χ2v) is 16.8. The molecule has 12 aromatic rings. The van der Waals surface area contributed by atoms with Gasteiger partial charge in [0.1, 0.15) is 0 Å². The van der Waals surface area contributed by atoms with Crippen molar-refractivity contribution in [3.8, 4) is 50.4 Å². The molecule has 0 fully saturated rings. The number of hydrogen-bond acceptors (Lipinski definition) is 0. The van der Waals surface area contributed by atoms with Crippen LogP contribution < -0.4 is 0 Å². The van der Waals surface area contributed by atoms with Gasteiger partial charge >= 0.3 is 0 Å². The molecule has 0 aliphatic heterocycles. The first-order valence-electron chi connectivity index (χ1n) is 22.0. The Morgan fingerprint density at radius 2 is 0.825 bits per heavy atom. The van der Waals surface area contributed by atoms with Crippen LogP contribution in [0.5, 0.6) is 0 Å². The van der Waals surface area contributed by atoms with Crippen molar-refractivity contribution in [2.75, 3.05) is 0 Å². The van der Waals surface area contributed by atoms with Gasteiger partial charge in [-0.1, -0.05) is 152 Å². The van der Waals surface area contributed by atoms with E-state index >= 15 is 0 Å². The molecule has 9 aromatic carbocycles. The first-order valence-corrected chi connectivity index (χ1v) is 22.0. The molecule has 3 nitrogen and oxygen atoms in total. The molecule has 63 heavy (non-hydrogen) atoms. The standard InChI is InChI=1S/C60H41N3/c1-3-17-40(18-4-1)42-21-15-22-43(35-42)45-36-44(41-19-5-2-6-20-41)37-47(38-45)61-54-28-11-10-26-51(54)53-39-46(33-34-58(53)61)62-55-29-12-9-25-50(55)52-27-16-32-59(60(52)62)63-56-30-13-7-23-48(56)49-24-8-14-31-57(49)63/h1-8,10-24,26-39H,9,25H2. The van der Waals surface area contributed by atoms with E-state index in [1.807, 2.05) is 0 Å². The van der Waals surface area contributed by atoms with E-state index in [4.69, 9.17) is 0 Å². The van der Waals surface area contributed by atoms with Gasteiger partial charge in [0, 0.05) is 44.0 Å². The summed E-state index contributed by atoms with van der Waals surface area (Å²) in [5.74, 6) is 0. The molecule has 0 spiro atoms. The minimum Gasteiger partial charge on any atom is -0.309 e. The monoisotopic (exact) mass is 803 g/mol. The minimum absolute atomic E-state index is 1.02. The van der Waals surface area contributed by atoms with Crippen LogP contribution in [0.3, 0.4) is 0 Å². The number of aromatic nitrogens is 3. The van der Waals surface area contributed by atoms with Crippen LogP contribution in [0.15, 0.2) is 218 Å². The second-order valence-electron chi connectivity index (χ2n) is 16.8. The zero-order chi connectivity index (χ0) is 41.4. The summed E-state index contributed by atoms with van der Waals surface area (Å²) >= 11 is 0. The topological polar surface area (TPSA) is 14.8 Å². The highest BCUT2D eigenvalue weighted by atomic mass is 15.1. The molecular formula is C60H41N3. The summed E-state index contributed by atoms with van der Waals surface area (Å²) in [5, 5.41) is 6.31. The number of aryl methyl sites for hydroxylation is 1. The molecule has 1 aliphatic rings. The van der Waals surface area contributed by atoms with Gasteiger partial charge in [-0.05, 0) is 125 Å². The Balaban J connectivity index is 1.05. The van der Waals surface area contributed by atoms with Crippen molar-refractivity contribution in [3.63, 3.8) is 0 Å². The fraction of sp³-hybridized carbons (Fsp3) is 0.0333. The SMILES string of the molecule is C1=Cc2c(c3cccc(-n4c5ccccc5c5ccccc54)c3n2-c2ccc3c(c2)c2ccccc2n3-c2cc(-c3ccccc3)cc(-c3cccc(-c4ccccc4)c3)c2)CC1. The normalized spacial score (nSPS) is 12.6. The van der Waals surface area contributed by atoms with E-state index in [0.29, 0.717) is 0 Å². The van der Waals surface area contributed by atoms with E-state index in [2.05, 4.69) is 238 Å². The Kier molecular flexibility index (Phi) is 8.04. The summed E-state index contributed by atoms with van der Waals surface area (Å²) in [6, 6.07) is 78.1. The highest BCUT2D eigenvalue weighted by Crippen LogP contribution is 2.43. The molecule has 0 atom stereocenters. The molecule has 296 valence electrons. The van der Waals surface area contributed by atoms with Crippen LogP contribution in [-0.2, 0) is 6.42 Å². The third-order valence-electron chi connectivity index (χ3n) is 13.3. The molecule has 3 heterocycles. The number of allylic oxidation sites excluding steroid dienone is 1. The summed E-state index contributed by atoms with van der Waals surface area (Å²) in [6.07, 6.45) is 6.75. The molecular weight excluding hydrogens is 763 g/mol. The third-order valence-corrected chi connectivity index (χ3v) is 13.3. The molecule has 1 aliphatic carbocycles. The lowest BCUT2D eigenvalue weighted by atomic mass is 9.95. The molecule has 0 bridgehead atoms. The van der Waals surface area contributed by atoms with Crippen molar-refractivity contribution in [1.29, 1.82) is 0 Å². The lowest BCUT2D eigenvalue weighted by molar-refractivity contribution is 0.967. The Morgan fingerprint density at radius 1 is 0.317 bits per heavy atom. The zero-order valence-electron chi connectivity index (χ0n) is 34.6. The van der Waals surface area contributed by atoms with Gasteiger partial charge in [0.2, 0.25) is 0 Å². The number of rotatable bonds is 6. The van der Waals surface area contributed by atoms with E-state index in [9.17, 15) is 0 Å². The maximum atomic E-state index is 2.54. The first kappa shape index (κ1) is 35.6. The largest absolute Gasteiger partial charge is 0.309 e. The van der Waals surface area contributed by atoms with Crippen LogP contribution in [0.1, 0.15) is 17.7 Å². The first-order chi connectivity index (χ1) is 31.3. The van der Waals surface area contributed by atoms with Gasteiger partial charge in [-0.3, -0.25) is 0 Å². The summed E-state index contributed by atoms with van der Waals surface area (Å²) in [6.45, 7) is 0. The number of hydrogen-bond donors (Lipinski definition) is 0. The lowest BCUT2D eigenvalue weighted by Gasteiger charge is -2.16. The lowest BCUT2D eigenvalue weighted by Crippen LogP contribution is -2.03. The van der Waals surface area contributed by atoms with Gasteiger partial charge in [0.05, 0.1) is 33.3 Å². The van der Waals surface area contributed by atoms with Gasteiger partial charge in [-0.15, -0.1) is 0 Å². The fourth-order valence-electron chi connectivity index (χ4n) is 10.5. The average Bonchev–Trinajstić information content (AvgIpc) is 4.00. The van der Waals surface area contributed by atoms with E-state index in [1.165, 1.54) is 105 Å². The molecule has 0 amide bonds. The van der Waals surface area contributed by atoms with Crippen molar-refractivity contribution in [2.24, 2.45) is 0 Å². The molecule has 13 rings (SSSR count). The second kappa shape index (κ2) is 14.2. The van der Waals surface area contributed by atoms with Crippen LogP contribution in [0.25, 0.3) is 111 Å². The highest BCUT2D eigenvalue weighted by molar-refractivity contribution is 6.12. The number of nitrogens with zero attached hydrogens (tertiary/aromatic N) is 3. The van der Waals surface area contributed by atoms with Crippen LogP contribution in [0, 0.1) is 0 Å². The van der Waals surface area contributed by atoms with Crippen LogP contribution in [0.4, 0.5) is 0 Å². The quantitative estimate of drug-likeness (QED) is 0.159.